The first-order valence-electron chi connectivity index (χ1n) is 6.35. The maximum Gasteiger partial charge on any atom is 0.308 e. The fourth-order valence-corrected chi connectivity index (χ4v) is 2.42. The summed E-state index contributed by atoms with van der Waals surface area (Å²) in [7, 11) is 0. The fraction of sp³-hybridized carbons (Fsp3) is 0.385. The Morgan fingerprint density at radius 3 is 2.80 bits per heavy atom. The highest BCUT2D eigenvalue weighted by Crippen LogP contribution is 2.31. The van der Waals surface area contributed by atoms with Gasteiger partial charge in [-0.3, -0.25) is 9.59 Å². The number of benzene rings is 1. The van der Waals surface area contributed by atoms with Gasteiger partial charge >= 0.3 is 5.97 Å². The number of amides is 1. The van der Waals surface area contributed by atoms with Crippen LogP contribution in [-0.2, 0) is 16.1 Å². The van der Waals surface area contributed by atoms with Gasteiger partial charge in [-0.25, -0.2) is 0 Å². The molecule has 0 fully saturated rings. The molecule has 7 heteroatoms. The summed E-state index contributed by atoms with van der Waals surface area (Å²) < 4.78 is 8.13. The molecule has 0 spiro atoms. The molecule has 1 aromatic rings. The van der Waals surface area contributed by atoms with Crippen molar-refractivity contribution in [2.24, 2.45) is 14.6 Å². The third-order valence-corrected chi connectivity index (χ3v) is 3.57. The van der Waals surface area contributed by atoms with Crippen molar-refractivity contribution in [3.8, 4) is 0 Å². The van der Waals surface area contributed by atoms with Crippen molar-refractivity contribution >= 4 is 34.6 Å². The minimum Gasteiger partial charge on any atom is -0.481 e. The topological polar surface area (TPSA) is 91.1 Å². The van der Waals surface area contributed by atoms with E-state index in [2.05, 4.69) is 14.0 Å². The van der Waals surface area contributed by atoms with Gasteiger partial charge in [0.05, 0.1) is 17.3 Å². The molecule has 0 bridgehead atoms. The molecule has 1 amide bonds. The lowest BCUT2D eigenvalue weighted by Crippen LogP contribution is -2.32. The first-order valence-corrected chi connectivity index (χ1v) is 7.08. The number of nitrogens with one attached hydrogen (secondary N) is 1. The van der Waals surface area contributed by atoms with Crippen molar-refractivity contribution in [1.82, 2.24) is 5.32 Å². The molecule has 1 unspecified atom stereocenters. The third-order valence-electron chi connectivity index (χ3n) is 3.01. The van der Waals surface area contributed by atoms with Gasteiger partial charge < -0.3 is 10.4 Å². The summed E-state index contributed by atoms with van der Waals surface area (Å²) in [5.74, 6) is -1.72. The van der Waals surface area contributed by atoms with Gasteiger partial charge in [0, 0.05) is 12.1 Å². The molecule has 1 aliphatic heterocycles. The SMILES string of the molecule is CCCC(CNC(=O)c1ccc2c(c1)N=S=N2)C(=O)O. The molecule has 1 heterocycles. The van der Waals surface area contributed by atoms with Crippen LogP contribution in [-0.4, -0.2) is 23.5 Å². The highest BCUT2D eigenvalue weighted by molar-refractivity contribution is 7.58. The van der Waals surface area contributed by atoms with Crippen molar-refractivity contribution in [3.05, 3.63) is 23.8 Å². The second-order valence-corrected chi connectivity index (χ2v) is 5.03. The van der Waals surface area contributed by atoms with E-state index in [4.69, 9.17) is 5.11 Å². The number of carboxylic acid groups (broad SMARTS) is 1. The number of hydrogen-bond donors (Lipinski definition) is 2. The van der Waals surface area contributed by atoms with E-state index in [1.807, 2.05) is 6.92 Å². The number of fused-ring (bicyclic) bond motifs is 1. The van der Waals surface area contributed by atoms with Crippen LogP contribution in [0.2, 0.25) is 0 Å². The summed E-state index contributed by atoms with van der Waals surface area (Å²) in [6.45, 7) is 2.05. The normalized spacial score (nSPS) is 13.4. The van der Waals surface area contributed by atoms with Gasteiger partial charge in [0.25, 0.3) is 5.91 Å². The van der Waals surface area contributed by atoms with E-state index >= 15 is 0 Å². The smallest absolute Gasteiger partial charge is 0.308 e. The van der Waals surface area contributed by atoms with Crippen molar-refractivity contribution in [2.75, 3.05) is 6.54 Å². The second kappa shape index (κ2) is 6.42. The number of carboxylic acids is 1. The van der Waals surface area contributed by atoms with Crippen LogP contribution in [0.3, 0.4) is 0 Å². The Balaban J connectivity index is 1.98. The quantitative estimate of drug-likeness (QED) is 0.857. The molecular formula is C13H15N3O3S. The first-order chi connectivity index (χ1) is 9.61. The molecule has 0 saturated carbocycles. The minimum atomic E-state index is -0.883. The average molecular weight is 293 g/mol. The zero-order chi connectivity index (χ0) is 14.5. The molecule has 1 atom stereocenters. The average Bonchev–Trinajstić information content (AvgIpc) is 2.89. The van der Waals surface area contributed by atoms with Crippen molar-refractivity contribution in [1.29, 1.82) is 0 Å². The van der Waals surface area contributed by atoms with E-state index in [1.165, 1.54) is 0 Å². The zero-order valence-electron chi connectivity index (χ0n) is 11.0. The van der Waals surface area contributed by atoms with Gasteiger partial charge in [0.2, 0.25) is 0 Å². The Bertz CT molecular complexity index is 609. The number of hydrogen-bond acceptors (Lipinski definition) is 4. The first kappa shape index (κ1) is 14.4. The molecule has 106 valence electrons. The maximum absolute atomic E-state index is 12.0. The molecule has 2 N–H and O–H groups in total. The van der Waals surface area contributed by atoms with Gasteiger partial charge in [-0.1, -0.05) is 13.3 Å². The highest BCUT2D eigenvalue weighted by atomic mass is 32.1. The Morgan fingerprint density at radius 1 is 1.35 bits per heavy atom. The lowest BCUT2D eigenvalue weighted by atomic mass is 10.0. The summed E-state index contributed by atoms with van der Waals surface area (Å²) >= 11 is 1.09. The number of nitrogens with zero attached hydrogens (tertiary/aromatic N) is 2. The standard InChI is InChI=1S/C13H15N3O3S/c1-2-3-9(13(18)19)7-14-12(17)8-4-5-10-11(6-8)16-20-15-10/h4-6,9H,2-3,7H2,1H3,(H,14,17)(H,18,19). The van der Waals surface area contributed by atoms with Gasteiger partial charge in [-0.05, 0) is 24.6 Å². The van der Waals surface area contributed by atoms with Crippen LogP contribution in [0.15, 0.2) is 26.9 Å². The molecule has 1 aliphatic rings. The van der Waals surface area contributed by atoms with E-state index in [0.717, 1.165) is 23.5 Å². The molecule has 0 aromatic heterocycles. The fourth-order valence-electron chi connectivity index (χ4n) is 1.90. The molecule has 0 aliphatic carbocycles. The lowest BCUT2D eigenvalue weighted by Gasteiger charge is -2.12. The molecular weight excluding hydrogens is 278 g/mol. The monoisotopic (exact) mass is 293 g/mol. The van der Waals surface area contributed by atoms with E-state index in [9.17, 15) is 9.59 Å². The predicted molar refractivity (Wildman–Crippen MR) is 76.4 cm³/mol. The van der Waals surface area contributed by atoms with E-state index in [1.54, 1.807) is 18.2 Å². The van der Waals surface area contributed by atoms with Crippen molar-refractivity contribution in [2.45, 2.75) is 19.8 Å². The molecule has 2 rings (SSSR count). The zero-order valence-corrected chi connectivity index (χ0v) is 11.8. The van der Waals surface area contributed by atoms with Gasteiger partial charge in [0.1, 0.15) is 11.4 Å². The van der Waals surface area contributed by atoms with Crippen LogP contribution in [0.25, 0.3) is 0 Å². The highest BCUT2D eigenvalue weighted by Gasteiger charge is 2.18. The molecule has 1 aromatic carbocycles. The molecule has 6 nitrogen and oxygen atoms in total. The van der Waals surface area contributed by atoms with Crippen molar-refractivity contribution < 1.29 is 14.7 Å². The Kier molecular flexibility index (Phi) is 4.62. The lowest BCUT2D eigenvalue weighted by molar-refractivity contribution is -0.141. The molecule has 0 saturated heterocycles. The Morgan fingerprint density at radius 2 is 2.10 bits per heavy atom. The number of aliphatic carboxylic acids is 1. The predicted octanol–water partition coefficient (Wildman–Crippen LogP) is 2.64. The van der Waals surface area contributed by atoms with Gasteiger partial charge in [-0.2, -0.15) is 8.73 Å². The largest absolute Gasteiger partial charge is 0.481 e. The summed E-state index contributed by atoms with van der Waals surface area (Å²) in [4.78, 5) is 23.0. The Hall–Kier alpha value is -2.02. The van der Waals surface area contributed by atoms with E-state index < -0.39 is 11.9 Å². The summed E-state index contributed by atoms with van der Waals surface area (Å²) in [6, 6.07) is 5.05. The van der Waals surface area contributed by atoms with Crippen LogP contribution in [0, 0.1) is 5.92 Å². The maximum atomic E-state index is 12.0. The van der Waals surface area contributed by atoms with Crippen LogP contribution in [0.1, 0.15) is 30.1 Å². The third kappa shape index (κ3) is 3.30. The Labute approximate surface area is 120 Å². The molecule has 20 heavy (non-hydrogen) atoms. The van der Waals surface area contributed by atoms with Crippen LogP contribution >= 0.6 is 0 Å². The van der Waals surface area contributed by atoms with Gasteiger partial charge in [-0.15, -0.1) is 0 Å². The van der Waals surface area contributed by atoms with E-state index in [0.29, 0.717) is 17.7 Å². The summed E-state index contributed by atoms with van der Waals surface area (Å²) in [6.07, 6.45) is 1.31. The number of carbonyl (C=O) groups excluding carboxylic acids is 1. The minimum absolute atomic E-state index is 0.134. The van der Waals surface area contributed by atoms with Crippen LogP contribution in [0.4, 0.5) is 11.4 Å². The summed E-state index contributed by atoms with van der Waals surface area (Å²) in [5.41, 5.74) is 1.89. The van der Waals surface area contributed by atoms with Crippen molar-refractivity contribution in [3.63, 3.8) is 0 Å². The van der Waals surface area contributed by atoms with Crippen LogP contribution in [0.5, 0.6) is 0 Å². The van der Waals surface area contributed by atoms with E-state index in [-0.39, 0.29) is 12.5 Å². The summed E-state index contributed by atoms with van der Waals surface area (Å²) in [5, 5.41) is 11.7. The molecule has 0 radical (unpaired) electrons. The van der Waals surface area contributed by atoms with Crippen LogP contribution < -0.4 is 5.32 Å². The van der Waals surface area contributed by atoms with Gasteiger partial charge in [0.15, 0.2) is 0 Å². The number of carbonyl (C=O) groups is 2. The second-order valence-electron chi connectivity index (χ2n) is 4.50. The number of rotatable bonds is 6.